The fourth-order valence-corrected chi connectivity index (χ4v) is 3.94. The molecule has 1 aliphatic rings. The van der Waals surface area contributed by atoms with Gasteiger partial charge in [0, 0.05) is 12.2 Å². The summed E-state index contributed by atoms with van der Waals surface area (Å²) in [6, 6.07) is 11.7. The van der Waals surface area contributed by atoms with Crippen molar-refractivity contribution >= 4 is 34.1 Å². The van der Waals surface area contributed by atoms with E-state index in [2.05, 4.69) is 5.32 Å². The molecule has 3 rings (SSSR count). The largest absolute Gasteiger partial charge is 0.398 e. The third kappa shape index (κ3) is 3.32. The molecule has 2 aromatic carbocycles. The van der Waals surface area contributed by atoms with Crippen LogP contribution in [0.25, 0.3) is 10.8 Å². The van der Waals surface area contributed by atoms with Crippen molar-refractivity contribution in [3.05, 3.63) is 42.0 Å². The third-order valence-corrected chi connectivity index (χ3v) is 5.10. The molecule has 0 spiro atoms. The highest BCUT2D eigenvalue weighted by molar-refractivity contribution is 7.99. The number of nitrogens with one attached hydrogen (secondary N) is 1. The zero-order valence-corrected chi connectivity index (χ0v) is 12.8. The molecule has 1 fully saturated rings. The molecule has 0 bridgehead atoms. The first-order valence-electron chi connectivity index (χ1n) is 7.38. The second-order valence-electron chi connectivity index (χ2n) is 5.55. The minimum Gasteiger partial charge on any atom is -0.398 e. The quantitative estimate of drug-likeness (QED) is 0.855. The van der Waals surface area contributed by atoms with Crippen LogP contribution in [0.4, 0.5) is 5.69 Å². The SMILES string of the molecule is Nc1cc2ccccc2cc1C(=O)NCC1CCSCC1. The van der Waals surface area contributed by atoms with Gasteiger partial charge in [0.15, 0.2) is 0 Å². The van der Waals surface area contributed by atoms with E-state index in [-0.39, 0.29) is 5.91 Å². The predicted molar refractivity (Wildman–Crippen MR) is 90.7 cm³/mol. The Morgan fingerprint density at radius 1 is 1.19 bits per heavy atom. The smallest absolute Gasteiger partial charge is 0.253 e. The molecule has 1 heterocycles. The lowest BCUT2D eigenvalue weighted by molar-refractivity contribution is 0.0947. The number of nitrogen functional groups attached to an aromatic ring is 1. The first kappa shape index (κ1) is 14.3. The summed E-state index contributed by atoms with van der Waals surface area (Å²) in [4.78, 5) is 12.4. The summed E-state index contributed by atoms with van der Waals surface area (Å²) in [6.45, 7) is 0.756. The Kier molecular flexibility index (Phi) is 4.34. The zero-order valence-electron chi connectivity index (χ0n) is 12.0. The molecule has 4 heteroatoms. The molecule has 0 radical (unpaired) electrons. The molecule has 1 saturated heterocycles. The predicted octanol–water partition coefficient (Wildman–Crippen LogP) is 3.30. The maximum absolute atomic E-state index is 12.4. The summed E-state index contributed by atoms with van der Waals surface area (Å²) in [7, 11) is 0. The Bertz CT molecular complexity index is 650. The highest BCUT2D eigenvalue weighted by Gasteiger charge is 2.16. The van der Waals surface area contributed by atoms with Crippen LogP contribution in [0.15, 0.2) is 36.4 Å². The Morgan fingerprint density at radius 2 is 1.86 bits per heavy atom. The van der Waals surface area contributed by atoms with Gasteiger partial charge in [-0.1, -0.05) is 24.3 Å². The monoisotopic (exact) mass is 300 g/mol. The molecule has 0 saturated carbocycles. The van der Waals surface area contributed by atoms with Gasteiger partial charge in [0.05, 0.1) is 5.56 Å². The zero-order chi connectivity index (χ0) is 14.7. The summed E-state index contributed by atoms with van der Waals surface area (Å²) in [5, 5.41) is 5.16. The van der Waals surface area contributed by atoms with Crippen LogP contribution in [0.3, 0.4) is 0 Å². The van der Waals surface area contributed by atoms with Crippen molar-refractivity contribution in [2.75, 3.05) is 23.8 Å². The first-order valence-corrected chi connectivity index (χ1v) is 8.54. The minimum atomic E-state index is -0.0588. The van der Waals surface area contributed by atoms with Gasteiger partial charge in [0.1, 0.15) is 0 Å². The van der Waals surface area contributed by atoms with Crippen LogP contribution < -0.4 is 11.1 Å². The molecule has 21 heavy (non-hydrogen) atoms. The van der Waals surface area contributed by atoms with E-state index in [9.17, 15) is 4.79 Å². The molecule has 1 aliphatic heterocycles. The number of carbonyl (C=O) groups excluding carboxylic acids is 1. The number of carbonyl (C=O) groups is 1. The number of nitrogens with two attached hydrogens (primary N) is 1. The number of amides is 1. The second-order valence-corrected chi connectivity index (χ2v) is 6.78. The Hall–Kier alpha value is -1.68. The number of hydrogen-bond acceptors (Lipinski definition) is 3. The topological polar surface area (TPSA) is 55.1 Å². The number of hydrogen-bond donors (Lipinski definition) is 2. The van der Waals surface area contributed by atoms with Gasteiger partial charge in [-0.15, -0.1) is 0 Å². The van der Waals surface area contributed by atoms with E-state index >= 15 is 0 Å². The molecule has 1 amide bonds. The maximum Gasteiger partial charge on any atom is 0.253 e. The van der Waals surface area contributed by atoms with Crippen molar-refractivity contribution in [1.29, 1.82) is 0 Å². The number of anilines is 1. The molecular formula is C17H20N2OS. The van der Waals surface area contributed by atoms with Gasteiger partial charge in [-0.2, -0.15) is 11.8 Å². The molecule has 110 valence electrons. The minimum absolute atomic E-state index is 0.0588. The molecule has 0 atom stereocenters. The van der Waals surface area contributed by atoms with E-state index in [0.29, 0.717) is 17.2 Å². The number of rotatable bonds is 3. The van der Waals surface area contributed by atoms with Crippen molar-refractivity contribution in [2.24, 2.45) is 5.92 Å². The van der Waals surface area contributed by atoms with Gasteiger partial charge in [0.25, 0.3) is 5.91 Å². The van der Waals surface area contributed by atoms with Crippen LogP contribution in [0, 0.1) is 5.92 Å². The van der Waals surface area contributed by atoms with Crippen LogP contribution in [-0.2, 0) is 0 Å². The summed E-state index contributed by atoms with van der Waals surface area (Å²) < 4.78 is 0. The van der Waals surface area contributed by atoms with Gasteiger partial charge >= 0.3 is 0 Å². The first-order chi connectivity index (χ1) is 10.2. The standard InChI is InChI=1S/C17H20N2OS/c18-16-10-14-4-2-1-3-13(14)9-15(16)17(20)19-11-12-5-7-21-8-6-12/h1-4,9-10,12H,5-8,11,18H2,(H,19,20). The highest BCUT2D eigenvalue weighted by Crippen LogP contribution is 2.23. The Morgan fingerprint density at radius 3 is 2.57 bits per heavy atom. The maximum atomic E-state index is 12.4. The van der Waals surface area contributed by atoms with E-state index < -0.39 is 0 Å². The lowest BCUT2D eigenvalue weighted by Gasteiger charge is -2.21. The Balaban J connectivity index is 1.73. The van der Waals surface area contributed by atoms with Crippen LogP contribution in [0.5, 0.6) is 0 Å². The van der Waals surface area contributed by atoms with E-state index in [0.717, 1.165) is 17.3 Å². The van der Waals surface area contributed by atoms with Crippen LogP contribution in [-0.4, -0.2) is 24.0 Å². The van der Waals surface area contributed by atoms with Gasteiger partial charge in [-0.25, -0.2) is 0 Å². The lowest BCUT2D eigenvalue weighted by atomic mass is 10.0. The number of fused-ring (bicyclic) bond motifs is 1. The van der Waals surface area contributed by atoms with E-state index in [1.54, 1.807) is 0 Å². The fourth-order valence-electron chi connectivity index (χ4n) is 2.74. The third-order valence-electron chi connectivity index (χ3n) is 4.05. The van der Waals surface area contributed by atoms with Crippen molar-refractivity contribution in [2.45, 2.75) is 12.8 Å². The Labute approximate surface area is 129 Å². The lowest BCUT2D eigenvalue weighted by Crippen LogP contribution is -2.31. The van der Waals surface area contributed by atoms with Crippen molar-refractivity contribution < 1.29 is 4.79 Å². The van der Waals surface area contributed by atoms with Crippen LogP contribution >= 0.6 is 11.8 Å². The van der Waals surface area contributed by atoms with E-state index in [1.807, 2.05) is 48.2 Å². The van der Waals surface area contributed by atoms with Crippen molar-refractivity contribution in [1.82, 2.24) is 5.32 Å². The van der Waals surface area contributed by atoms with Crippen LogP contribution in [0.2, 0.25) is 0 Å². The van der Waals surface area contributed by atoms with E-state index in [1.165, 1.54) is 24.3 Å². The molecule has 0 unspecified atom stereocenters. The summed E-state index contributed by atoms with van der Waals surface area (Å²) in [6.07, 6.45) is 2.39. The van der Waals surface area contributed by atoms with Crippen molar-refractivity contribution in [3.8, 4) is 0 Å². The second kappa shape index (κ2) is 6.39. The average Bonchev–Trinajstić information content (AvgIpc) is 2.53. The van der Waals surface area contributed by atoms with Gasteiger partial charge in [-0.05, 0) is 53.2 Å². The number of thioether (sulfide) groups is 1. The van der Waals surface area contributed by atoms with Gasteiger partial charge in [0.2, 0.25) is 0 Å². The van der Waals surface area contributed by atoms with Crippen LogP contribution in [0.1, 0.15) is 23.2 Å². The molecule has 2 aromatic rings. The van der Waals surface area contributed by atoms with Gasteiger partial charge in [-0.3, -0.25) is 4.79 Å². The molecule has 3 nitrogen and oxygen atoms in total. The van der Waals surface area contributed by atoms with E-state index in [4.69, 9.17) is 5.73 Å². The molecule has 0 aliphatic carbocycles. The van der Waals surface area contributed by atoms with Crippen molar-refractivity contribution in [3.63, 3.8) is 0 Å². The normalized spacial score (nSPS) is 16.0. The molecular weight excluding hydrogens is 280 g/mol. The summed E-state index contributed by atoms with van der Waals surface area (Å²) in [5.74, 6) is 2.96. The fraction of sp³-hybridized carbons (Fsp3) is 0.353. The molecule has 3 N–H and O–H groups in total. The summed E-state index contributed by atoms with van der Waals surface area (Å²) in [5.41, 5.74) is 7.16. The molecule has 0 aromatic heterocycles. The average molecular weight is 300 g/mol. The van der Waals surface area contributed by atoms with Gasteiger partial charge < -0.3 is 11.1 Å². The summed E-state index contributed by atoms with van der Waals surface area (Å²) >= 11 is 2.00. The number of benzene rings is 2. The highest BCUT2D eigenvalue weighted by atomic mass is 32.2.